The van der Waals surface area contributed by atoms with Gasteiger partial charge in [-0.1, -0.05) is 20.8 Å². The standard InChI is InChI=1S/C20H32N4O4S/c1-4-11-24-18-7-6-16(29(21,26)27)13-17(18)23-19(24)8-9-20(25)22-10-5-12-28-14-15(2)3/h6-7,13,15H,4-5,8-12,14H2,1-3H3,(H,22,25)(H2,21,26,27). The molecule has 9 heteroatoms. The molecule has 8 nitrogen and oxygen atoms in total. The molecule has 0 aliphatic rings. The SMILES string of the molecule is CCCn1c(CCC(=O)NCCCOCC(C)C)nc2cc(S(N)(=O)=O)ccc21. The minimum absolute atomic E-state index is 0.0332. The molecule has 162 valence electrons. The third-order valence-corrected chi connectivity index (χ3v) is 5.30. The van der Waals surface area contributed by atoms with Gasteiger partial charge >= 0.3 is 0 Å². The predicted octanol–water partition coefficient (Wildman–Crippen LogP) is 2.21. The molecule has 0 aliphatic heterocycles. The number of nitrogens with two attached hydrogens (primary N) is 1. The number of hydrogen-bond acceptors (Lipinski definition) is 5. The van der Waals surface area contributed by atoms with E-state index in [9.17, 15) is 13.2 Å². The van der Waals surface area contributed by atoms with E-state index in [-0.39, 0.29) is 10.8 Å². The van der Waals surface area contributed by atoms with Crippen molar-refractivity contribution in [2.45, 2.75) is 57.9 Å². The van der Waals surface area contributed by atoms with Crippen molar-refractivity contribution in [1.82, 2.24) is 14.9 Å². The number of amides is 1. The Bertz CT molecular complexity index is 922. The highest BCUT2D eigenvalue weighted by molar-refractivity contribution is 7.89. The fourth-order valence-electron chi connectivity index (χ4n) is 3.04. The number of nitrogens with one attached hydrogen (secondary N) is 1. The Kier molecular flexibility index (Phi) is 8.60. The second kappa shape index (κ2) is 10.7. The maximum Gasteiger partial charge on any atom is 0.238 e. The van der Waals surface area contributed by atoms with Crippen LogP contribution in [0.3, 0.4) is 0 Å². The molecule has 0 atom stereocenters. The Labute approximate surface area is 172 Å². The molecule has 0 radical (unpaired) electrons. The molecule has 0 spiro atoms. The first-order chi connectivity index (χ1) is 13.7. The van der Waals surface area contributed by atoms with E-state index in [1.807, 2.05) is 4.57 Å². The first-order valence-corrected chi connectivity index (χ1v) is 11.6. The number of sulfonamides is 1. The smallest absolute Gasteiger partial charge is 0.238 e. The molecule has 0 saturated heterocycles. The van der Waals surface area contributed by atoms with Gasteiger partial charge in [-0.2, -0.15) is 0 Å². The molecule has 0 aliphatic carbocycles. The van der Waals surface area contributed by atoms with Gasteiger partial charge in [0, 0.05) is 39.1 Å². The van der Waals surface area contributed by atoms with Crippen LogP contribution >= 0.6 is 0 Å². The van der Waals surface area contributed by atoms with Crippen molar-refractivity contribution in [3.63, 3.8) is 0 Å². The molecule has 2 rings (SSSR count). The number of fused-ring (bicyclic) bond motifs is 1. The van der Waals surface area contributed by atoms with E-state index in [0.717, 1.165) is 37.3 Å². The van der Waals surface area contributed by atoms with Crippen LogP contribution in [0.1, 0.15) is 45.9 Å². The summed E-state index contributed by atoms with van der Waals surface area (Å²) >= 11 is 0. The summed E-state index contributed by atoms with van der Waals surface area (Å²) in [5.74, 6) is 1.24. The summed E-state index contributed by atoms with van der Waals surface area (Å²) in [7, 11) is -3.78. The van der Waals surface area contributed by atoms with Gasteiger partial charge in [0.05, 0.1) is 15.9 Å². The third kappa shape index (κ3) is 7.09. The van der Waals surface area contributed by atoms with Crippen molar-refractivity contribution >= 4 is 27.0 Å². The summed E-state index contributed by atoms with van der Waals surface area (Å²) in [6.07, 6.45) is 2.48. The van der Waals surface area contributed by atoms with Crippen molar-refractivity contribution < 1.29 is 17.9 Å². The van der Waals surface area contributed by atoms with Crippen LogP contribution in [-0.4, -0.2) is 43.6 Å². The summed E-state index contributed by atoms with van der Waals surface area (Å²) < 4.78 is 30.7. The van der Waals surface area contributed by atoms with E-state index in [0.29, 0.717) is 37.4 Å². The van der Waals surface area contributed by atoms with Crippen molar-refractivity contribution in [3.8, 4) is 0 Å². The fourth-order valence-corrected chi connectivity index (χ4v) is 3.57. The minimum atomic E-state index is -3.78. The van der Waals surface area contributed by atoms with E-state index in [1.165, 1.54) is 12.1 Å². The van der Waals surface area contributed by atoms with Crippen LogP contribution in [-0.2, 0) is 32.5 Å². The van der Waals surface area contributed by atoms with Crippen LogP contribution in [0.4, 0.5) is 0 Å². The van der Waals surface area contributed by atoms with Crippen LogP contribution in [0, 0.1) is 5.92 Å². The Morgan fingerprint density at radius 2 is 2.10 bits per heavy atom. The number of hydrogen-bond donors (Lipinski definition) is 2. The fraction of sp³-hybridized carbons (Fsp3) is 0.600. The van der Waals surface area contributed by atoms with Gasteiger partial charge in [-0.3, -0.25) is 4.79 Å². The number of imidazole rings is 1. The van der Waals surface area contributed by atoms with E-state index in [4.69, 9.17) is 9.88 Å². The highest BCUT2D eigenvalue weighted by atomic mass is 32.2. The number of nitrogens with zero attached hydrogens (tertiary/aromatic N) is 2. The Balaban J connectivity index is 1.96. The molecular formula is C20H32N4O4S. The monoisotopic (exact) mass is 424 g/mol. The Hall–Kier alpha value is -1.97. The number of primary sulfonamides is 1. The lowest BCUT2D eigenvalue weighted by Crippen LogP contribution is -2.26. The number of carbonyl (C=O) groups excluding carboxylic acids is 1. The molecule has 0 bridgehead atoms. The summed E-state index contributed by atoms with van der Waals surface area (Å²) in [4.78, 5) is 16.7. The average Bonchev–Trinajstić information content (AvgIpc) is 2.99. The zero-order valence-corrected chi connectivity index (χ0v) is 18.3. The lowest BCUT2D eigenvalue weighted by Gasteiger charge is -2.09. The van der Waals surface area contributed by atoms with Crippen molar-refractivity contribution in [2.24, 2.45) is 11.1 Å². The van der Waals surface area contributed by atoms with Crippen molar-refractivity contribution in [1.29, 1.82) is 0 Å². The van der Waals surface area contributed by atoms with E-state index in [2.05, 4.69) is 31.1 Å². The van der Waals surface area contributed by atoms with Crippen LogP contribution in [0.5, 0.6) is 0 Å². The molecule has 3 N–H and O–H groups in total. The van der Waals surface area contributed by atoms with E-state index < -0.39 is 10.0 Å². The summed E-state index contributed by atoms with van der Waals surface area (Å²) in [5, 5.41) is 8.12. The molecule has 0 fully saturated rings. The quantitative estimate of drug-likeness (QED) is 0.507. The second-order valence-electron chi connectivity index (χ2n) is 7.55. The van der Waals surface area contributed by atoms with Gasteiger partial charge in [0.2, 0.25) is 15.9 Å². The number of ether oxygens (including phenoxy) is 1. The van der Waals surface area contributed by atoms with Crippen molar-refractivity contribution in [2.75, 3.05) is 19.8 Å². The largest absolute Gasteiger partial charge is 0.381 e. The number of aryl methyl sites for hydroxylation is 2. The number of benzene rings is 1. The summed E-state index contributed by atoms with van der Waals surface area (Å²) in [5.41, 5.74) is 1.42. The summed E-state index contributed by atoms with van der Waals surface area (Å²) in [6, 6.07) is 4.69. The molecule has 2 aromatic rings. The Morgan fingerprint density at radius 1 is 1.34 bits per heavy atom. The normalized spacial score (nSPS) is 12.0. The number of rotatable bonds is 12. The molecule has 1 amide bonds. The van der Waals surface area contributed by atoms with Crippen molar-refractivity contribution in [3.05, 3.63) is 24.0 Å². The van der Waals surface area contributed by atoms with E-state index >= 15 is 0 Å². The van der Waals surface area contributed by atoms with Gasteiger partial charge in [-0.25, -0.2) is 18.5 Å². The van der Waals surface area contributed by atoms with Gasteiger partial charge in [0.25, 0.3) is 0 Å². The lowest BCUT2D eigenvalue weighted by atomic mass is 10.2. The molecule has 1 heterocycles. The van der Waals surface area contributed by atoms with E-state index in [1.54, 1.807) is 6.07 Å². The van der Waals surface area contributed by atoms with Crippen LogP contribution < -0.4 is 10.5 Å². The lowest BCUT2D eigenvalue weighted by molar-refractivity contribution is -0.121. The zero-order chi connectivity index (χ0) is 21.4. The third-order valence-electron chi connectivity index (χ3n) is 4.39. The van der Waals surface area contributed by atoms with Crippen LogP contribution in [0.2, 0.25) is 0 Å². The molecule has 0 saturated carbocycles. The highest BCUT2D eigenvalue weighted by Crippen LogP contribution is 2.21. The molecular weight excluding hydrogens is 392 g/mol. The maximum absolute atomic E-state index is 12.1. The first kappa shape index (κ1) is 23.3. The van der Waals surface area contributed by atoms with Gasteiger partial charge in [0.1, 0.15) is 5.82 Å². The Morgan fingerprint density at radius 3 is 2.76 bits per heavy atom. The maximum atomic E-state index is 12.1. The predicted molar refractivity (Wildman–Crippen MR) is 113 cm³/mol. The zero-order valence-electron chi connectivity index (χ0n) is 17.5. The van der Waals surface area contributed by atoms with Gasteiger partial charge in [-0.15, -0.1) is 0 Å². The minimum Gasteiger partial charge on any atom is -0.381 e. The van der Waals surface area contributed by atoms with Gasteiger partial charge in [0.15, 0.2) is 0 Å². The van der Waals surface area contributed by atoms with Gasteiger partial charge < -0.3 is 14.6 Å². The summed E-state index contributed by atoms with van der Waals surface area (Å²) in [6.45, 7) is 8.95. The molecule has 29 heavy (non-hydrogen) atoms. The van der Waals surface area contributed by atoms with Gasteiger partial charge in [-0.05, 0) is 37.0 Å². The second-order valence-corrected chi connectivity index (χ2v) is 9.11. The topological polar surface area (TPSA) is 116 Å². The van der Waals surface area contributed by atoms with Crippen LogP contribution in [0.15, 0.2) is 23.1 Å². The molecule has 0 unspecified atom stereocenters. The molecule has 1 aromatic carbocycles. The average molecular weight is 425 g/mol. The first-order valence-electron chi connectivity index (χ1n) is 10.1. The number of carbonyl (C=O) groups is 1. The molecule has 1 aromatic heterocycles. The van der Waals surface area contributed by atoms with Crippen LogP contribution in [0.25, 0.3) is 11.0 Å². The number of aromatic nitrogens is 2. The highest BCUT2D eigenvalue weighted by Gasteiger charge is 2.15.